The smallest absolute Gasteiger partial charge is 0.224 e. The van der Waals surface area contributed by atoms with Crippen LogP contribution in [0.15, 0.2) is 52.6 Å². The maximum absolute atomic E-state index is 12.8. The number of hydrogen-bond donors (Lipinski definition) is 1. The van der Waals surface area contributed by atoms with E-state index in [-0.39, 0.29) is 11.8 Å². The van der Waals surface area contributed by atoms with E-state index < -0.39 is 0 Å². The van der Waals surface area contributed by atoms with Crippen molar-refractivity contribution < 1.29 is 9.53 Å². The predicted molar refractivity (Wildman–Crippen MR) is 122 cm³/mol. The topological polar surface area (TPSA) is 70.6 Å². The number of carbonyl (C=O) groups is 1. The number of aromatic nitrogens is 2. The van der Waals surface area contributed by atoms with Gasteiger partial charge in [0.2, 0.25) is 5.91 Å². The highest BCUT2D eigenvalue weighted by Crippen LogP contribution is 2.33. The molecule has 31 heavy (non-hydrogen) atoms. The molecule has 7 nitrogen and oxygen atoms in total. The molecule has 1 aromatic heterocycles. The summed E-state index contributed by atoms with van der Waals surface area (Å²) in [5.41, 5.74) is 0. The van der Waals surface area contributed by atoms with Crippen LogP contribution in [0, 0.1) is 5.92 Å². The number of nitrogens with zero attached hydrogens (tertiary/aromatic N) is 4. The molecule has 4 rings (SSSR count). The number of amides is 1. The first kappa shape index (κ1) is 22.0. The fourth-order valence-electron chi connectivity index (χ4n) is 4.07. The number of anilines is 1. The van der Waals surface area contributed by atoms with Crippen molar-refractivity contribution in [2.45, 2.75) is 29.2 Å². The zero-order valence-electron chi connectivity index (χ0n) is 17.9. The third kappa shape index (κ3) is 6.41. The van der Waals surface area contributed by atoms with Crippen molar-refractivity contribution >= 4 is 23.5 Å². The van der Waals surface area contributed by atoms with Crippen molar-refractivity contribution in [3.8, 4) is 0 Å². The van der Waals surface area contributed by atoms with Gasteiger partial charge in [-0.3, -0.25) is 9.69 Å². The van der Waals surface area contributed by atoms with Gasteiger partial charge in [0.05, 0.1) is 19.1 Å². The molecule has 1 N–H and O–H groups in total. The second kappa shape index (κ2) is 11.5. The molecule has 2 fully saturated rings. The Morgan fingerprint density at radius 1 is 1.13 bits per heavy atom. The summed E-state index contributed by atoms with van der Waals surface area (Å²) in [6.07, 6.45) is 6.35. The molecule has 1 aromatic carbocycles. The van der Waals surface area contributed by atoms with Crippen LogP contribution in [0.5, 0.6) is 0 Å². The summed E-state index contributed by atoms with van der Waals surface area (Å²) in [5, 5.41) is 4.04. The van der Waals surface area contributed by atoms with Gasteiger partial charge >= 0.3 is 0 Å². The van der Waals surface area contributed by atoms with Crippen LogP contribution in [0.3, 0.4) is 0 Å². The van der Waals surface area contributed by atoms with E-state index in [2.05, 4.69) is 37.2 Å². The van der Waals surface area contributed by atoms with Gasteiger partial charge in [0.15, 0.2) is 5.82 Å². The van der Waals surface area contributed by atoms with Crippen molar-refractivity contribution in [3.05, 3.63) is 42.7 Å². The molecule has 1 unspecified atom stereocenters. The predicted octanol–water partition coefficient (Wildman–Crippen LogP) is 2.68. The number of benzene rings is 1. The van der Waals surface area contributed by atoms with Gasteiger partial charge in [0, 0.05) is 50.0 Å². The number of piperidine rings is 1. The number of morpholine rings is 1. The standard InChI is InChI=1S/C23H31N5O2S/c29-22(25-9-5-12-27-14-16-30-17-15-27)19-6-4-13-28(18-19)21-23(26-11-10-24-21)31-20-7-2-1-3-8-20/h1-3,7-8,10-11,19H,4-6,9,12-18H2,(H,25,29). The maximum atomic E-state index is 12.8. The molecule has 2 aliphatic rings. The first-order chi connectivity index (χ1) is 15.3. The summed E-state index contributed by atoms with van der Waals surface area (Å²) >= 11 is 1.62. The fraction of sp³-hybridized carbons (Fsp3) is 0.522. The average Bonchev–Trinajstić information content (AvgIpc) is 2.83. The van der Waals surface area contributed by atoms with Crippen molar-refractivity contribution in [1.29, 1.82) is 0 Å². The van der Waals surface area contributed by atoms with Gasteiger partial charge in [0.25, 0.3) is 0 Å². The lowest BCUT2D eigenvalue weighted by Crippen LogP contribution is -2.44. The second-order valence-electron chi connectivity index (χ2n) is 7.98. The van der Waals surface area contributed by atoms with Crippen LogP contribution >= 0.6 is 11.8 Å². The highest BCUT2D eigenvalue weighted by atomic mass is 32.2. The quantitative estimate of drug-likeness (QED) is 0.632. The molecule has 8 heteroatoms. The minimum Gasteiger partial charge on any atom is -0.379 e. The largest absolute Gasteiger partial charge is 0.379 e. The lowest BCUT2D eigenvalue weighted by Gasteiger charge is -2.33. The molecule has 1 atom stereocenters. The van der Waals surface area contributed by atoms with Crippen molar-refractivity contribution in [3.63, 3.8) is 0 Å². The third-order valence-corrected chi connectivity index (χ3v) is 6.74. The molecule has 0 aliphatic carbocycles. The molecule has 2 saturated heterocycles. The lowest BCUT2D eigenvalue weighted by atomic mass is 9.97. The van der Waals surface area contributed by atoms with Gasteiger partial charge in [-0.1, -0.05) is 30.0 Å². The van der Waals surface area contributed by atoms with Crippen LogP contribution in [0.2, 0.25) is 0 Å². The molecular formula is C23H31N5O2S. The SMILES string of the molecule is O=C(NCCCN1CCOCC1)C1CCCN(c2nccnc2Sc2ccccc2)C1. The number of nitrogens with one attached hydrogen (secondary N) is 1. The van der Waals surface area contributed by atoms with E-state index in [1.165, 1.54) is 0 Å². The zero-order chi connectivity index (χ0) is 21.3. The van der Waals surface area contributed by atoms with Crippen LogP contribution in [0.4, 0.5) is 5.82 Å². The first-order valence-electron chi connectivity index (χ1n) is 11.2. The molecule has 3 heterocycles. The summed E-state index contributed by atoms with van der Waals surface area (Å²) in [4.78, 5) is 27.7. The van der Waals surface area contributed by atoms with Crippen LogP contribution in [-0.4, -0.2) is 73.3 Å². The Morgan fingerprint density at radius 2 is 1.94 bits per heavy atom. The highest BCUT2D eigenvalue weighted by Gasteiger charge is 2.28. The minimum atomic E-state index is -0.00582. The molecule has 0 saturated carbocycles. The Labute approximate surface area is 188 Å². The summed E-state index contributed by atoms with van der Waals surface area (Å²) in [6, 6.07) is 10.2. The van der Waals surface area contributed by atoms with Gasteiger partial charge in [-0.25, -0.2) is 9.97 Å². The first-order valence-corrected chi connectivity index (χ1v) is 12.0. The summed E-state index contributed by atoms with van der Waals surface area (Å²) in [5.74, 6) is 1.03. The third-order valence-electron chi connectivity index (χ3n) is 5.75. The van der Waals surface area contributed by atoms with Crippen LogP contribution in [0.25, 0.3) is 0 Å². The molecule has 166 valence electrons. The van der Waals surface area contributed by atoms with E-state index >= 15 is 0 Å². The summed E-state index contributed by atoms with van der Waals surface area (Å²) < 4.78 is 5.38. The Balaban J connectivity index is 1.29. The van der Waals surface area contributed by atoms with E-state index in [4.69, 9.17) is 4.74 Å². The molecular weight excluding hydrogens is 410 g/mol. The van der Waals surface area contributed by atoms with Crippen molar-refractivity contribution in [2.24, 2.45) is 5.92 Å². The molecule has 2 aliphatic heterocycles. The minimum absolute atomic E-state index is 0.00582. The monoisotopic (exact) mass is 441 g/mol. The summed E-state index contributed by atoms with van der Waals surface area (Å²) in [7, 11) is 0. The van der Waals surface area contributed by atoms with Crippen LogP contribution in [0.1, 0.15) is 19.3 Å². The molecule has 0 radical (unpaired) electrons. The number of ether oxygens (including phenoxy) is 1. The van der Waals surface area contributed by atoms with Crippen LogP contribution < -0.4 is 10.2 Å². The van der Waals surface area contributed by atoms with E-state index in [1.807, 2.05) is 18.2 Å². The number of carbonyl (C=O) groups excluding carboxylic acids is 1. The normalized spacial score (nSPS) is 19.9. The summed E-state index contributed by atoms with van der Waals surface area (Å²) in [6.45, 7) is 6.96. The van der Waals surface area contributed by atoms with E-state index in [9.17, 15) is 4.79 Å². The van der Waals surface area contributed by atoms with E-state index in [0.717, 1.165) is 80.9 Å². The Hall–Kier alpha value is -2.16. The Kier molecular flexibility index (Phi) is 8.15. The van der Waals surface area contributed by atoms with Crippen LogP contribution in [-0.2, 0) is 9.53 Å². The van der Waals surface area contributed by atoms with Gasteiger partial charge in [-0.05, 0) is 37.9 Å². The number of rotatable bonds is 8. The zero-order valence-corrected chi connectivity index (χ0v) is 18.7. The van der Waals surface area contributed by atoms with Gasteiger partial charge in [-0.15, -0.1) is 0 Å². The average molecular weight is 442 g/mol. The molecule has 0 spiro atoms. The van der Waals surface area contributed by atoms with E-state index in [0.29, 0.717) is 6.54 Å². The van der Waals surface area contributed by atoms with Gasteiger partial charge in [-0.2, -0.15) is 0 Å². The fourth-order valence-corrected chi connectivity index (χ4v) is 4.98. The maximum Gasteiger partial charge on any atom is 0.224 e. The van der Waals surface area contributed by atoms with Gasteiger partial charge in [0.1, 0.15) is 5.03 Å². The molecule has 2 aromatic rings. The Bertz CT molecular complexity index is 832. The van der Waals surface area contributed by atoms with Crippen molar-refractivity contribution in [2.75, 3.05) is 57.4 Å². The Morgan fingerprint density at radius 3 is 2.77 bits per heavy atom. The molecule has 1 amide bonds. The van der Waals surface area contributed by atoms with Crippen molar-refractivity contribution in [1.82, 2.24) is 20.2 Å². The lowest BCUT2D eigenvalue weighted by molar-refractivity contribution is -0.125. The number of hydrogen-bond acceptors (Lipinski definition) is 7. The van der Waals surface area contributed by atoms with E-state index in [1.54, 1.807) is 24.2 Å². The molecule has 0 bridgehead atoms. The highest BCUT2D eigenvalue weighted by molar-refractivity contribution is 7.99. The van der Waals surface area contributed by atoms with Gasteiger partial charge < -0.3 is 15.0 Å². The second-order valence-corrected chi connectivity index (χ2v) is 9.05.